The van der Waals surface area contributed by atoms with Crippen molar-refractivity contribution in [3.63, 3.8) is 0 Å². The molecule has 0 saturated heterocycles. The van der Waals surface area contributed by atoms with E-state index in [9.17, 15) is 9.59 Å². The molecule has 0 spiro atoms. The molecule has 1 aromatic rings. The molecule has 6 heteroatoms. The second-order valence-corrected chi connectivity index (χ2v) is 7.62. The zero-order valence-corrected chi connectivity index (χ0v) is 14.6. The Labute approximate surface area is 135 Å². The Morgan fingerprint density at radius 1 is 1.32 bits per heavy atom. The van der Waals surface area contributed by atoms with Crippen molar-refractivity contribution in [1.29, 1.82) is 0 Å². The molecular weight excluding hydrogens is 302 g/mol. The molecule has 122 valence electrons. The van der Waals surface area contributed by atoms with Gasteiger partial charge in [0.2, 0.25) is 0 Å². The summed E-state index contributed by atoms with van der Waals surface area (Å²) in [6.07, 6.45) is 0.356. The van der Waals surface area contributed by atoms with Crippen molar-refractivity contribution in [2.75, 3.05) is 13.2 Å². The number of aryl methyl sites for hydroxylation is 1. The van der Waals surface area contributed by atoms with Gasteiger partial charge in [-0.05, 0) is 46.6 Å². The molecule has 1 aromatic heterocycles. The van der Waals surface area contributed by atoms with Gasteiger partial charge in [-0.15, -0.1) is 11.3 Å². The maximum atomic E-state index is 12.2. The highest BCUT2D eigenvalue weighted by molar-refractivity contribution is 7.12. The van der Waals surface area contributed by atoms with Gasteiger partial charge in [0.1, 0.15) is 5.60 Å². The van der Waals surface area contributed by atoms with Gasteiger partial charge in [-0.2, -0.15) is 0 Å². The monoisotopic (exact) mass is 325 g/mol. The zero-order valence-electron chi connectivity index (χ0n) is 13.8. The summed E-state index contributed by atoms with van der Waals surface area (Å²) in [6.45, 7) is 10.7. The fourth-order valence-corrected chi connectivity index (χ4v) is 3.72. The molecule has 2 heterocycles. The largest absolute Gasteiger partial charge is 0.462 e. The molecule has 5 nitrogen and oxygen atoms in total. The van der Waals surface area contributed by atoms with Crippen LogP contribution in [-0.4, -0.2) is 35.7 Å². The molecule has 0 radical (unpaired) electrons. The number of hydrogen-bond donors (Lipinski definition) is 0. The van der Waals surface area contributed by atoms with Crippen LogP contribution in [0.5, 0.6) is 0 Å². The topological polar surface area (TPSA) is 55.8 Å². The number of carbonyl (C=O) groups excluding carboxylic acids is 2. The van der Waals surface area contributed by atoms with Crippen molar-refractivity contribution in [3.05, 3.63) is 20.9 Å². The minimum atomic E-state index is -0.501. The number of thiophene rings is 1. The van der Waals surface area contributed by atoms with E-state index in [1.165, 1.54) is 0 Å². The first-order valence-corrected chi connectivity index (χ1v) is 8.30. The highest BCUT2D eigenvalue weighted by Crippen LogP contribution is 2.33. The van der Waals surface area contributed by atoms with Crippen LogP contribution in [0.2, 0.25) is 0 Å². The predicted octanol–water partition coefficient (Wildman–Crippen LogP) is 3.53. The van der Waals surface area contributed by atoms with Gasteiger partial charge in [0.15, 0.2) is 0 Å². The summed E-state index contributed by atoms with van der Waals surface area (Å²) in [4.78, 5) is 27.9. The predicted molar refractivity (Wildman–Crippen MR) is 85.4 cm³/mol. The van der Waals surface area contributed by atoms with Gasteiger partial charge in [0.05, 0.1) is 18.7 Å². The van der Waals surface area contributed by atoms with Crippen LogP contribution in [0.25, 0.3) is 0 Å². The SMILES string of the molecule is CCOC(=O)c1c(C)sc2c1CCN(C(=O)OC(C)(C)C)C2. The molecule has 0 saturated carbocycles. The summed E-state index contributed by atoms with van der Waals surface area (Å²) in [6, 6.07) is 0. The van der Waals surface area contributed by atoms with E-state index >= 15 is 0 Å². The third-order valence-corrected chi connectivity index (χ3v) is 4.50. The Kier molecular flexibility index (Phi) is 4.80. The Bertz CT molecular complexity index is 586. The normalized spacial score (nSPS) is 14.5. The van der Waals surface area contributed by atoms with Gasteiger partial charge < -0.3 is 14.4 Å². The third-order valence-electron chi connectivity index (χ3n) is 3.36. The van der Waals surface area contributed by atoms with Crippen LogP contribution in [0.15, 0.2) is 0 Å². The standard InChI is InChI=1S/C16H23NO4S/c1-6-20-14(18)13-10(2)22-12-9-17(8-7-11(12)13)15(19)21-16(3,4)5/h6-9H2,1-5H3. The molecule has 0 atom stereocenters. The molecule has 0 aromatic carbocycles. The van der Waals surface area contributed by atoms with Crippen LogP contribution < -0.4 is 0 Å². The summed E-state index contributed by atoms with van der Waals surface area (Å²) in [5.41, 5.74) is 1.21. The highest BCUT2D eigenvalue weighted by atomic mass is 32.1. The van der Waals surface area contributed by atoms with E-state index in [-0.39, 0.29) is 12.1 Å². The minimum Gasteiger partial charge on any atom is -0.462 e. The average molecular weight is 325 g/mol. The van der Waals surface area contributed by atoms with Crippen molar-refractivity contribution in [2.45, 2.75) is 53.2 Å². The summed E-state index contributed by atoms with van der Waals surface area (Å²) < 4.78 is 10.6. The molecule has 0 bridgehead atoms. The Balaban J connectivity index is 2.17. The molecular formula is C16H23NO4S. The highest BCUT2D eigenvalue weighted by Gasteiger charge is 2.30. The fourth-order valence-electron chi connectivity index (χ4n) is 2.49. The van der Waals surface area contributed by atoms with E-state index in [0.29, 0.717) is 31.7 Å². The van der Waals surface area contributed by atoms with E-state index in [0.717, 1.165) is 15.3 Å². The fraction of sp³-hybridized carbons (Fsp3) is 0.625. The second kappa shape index (κ2) is 6.28. The molecule has 22 heavy (non-hydrogen) atoms. The van der Waals surface area contributed by atoms with Crippen molar-refractivity contribution in [1.82, 2.24) is 4.90 Å². The molecule has 2 rings (SSSR count). The maximum absolute atomic E-state index is 12.2. The van der Waals surface area contributed by atoms with Crippen LogP contribution in [0.4, 0.5) is 4.79 Å². The van der Waals surface area contributed by atoms with Gasteiger partial charge >= 0.3 is 12.1 Å². The lowest BCUT2D eigenvalue weighted by Crippen LogP contribution is -2.39. The van der Waals surface area contributed by atoms with Gasteiger partial charge in [-0.1, -0.05) is 0 Å². The Morgan fingerprint density at radius 2 is 2.00 bits per heavy atom. The van der Waals surface area contributed by atoms with Crippen LogP contribution >= 0.6 is 11.3 Å². The summed E-state index contributed by atoms with van der Waals surface area (Å²) in [7, 11) is 0. The molecule has 0 aliphatic carbocycles. The molecule has 1 amide bonds. The first-order valence-electron chi connectivity index (χ1n) is 7.49. The number of esters is 1. The van der Waals surface area contributed by atoms with E-state index in [4.69, 9.17) is 9.47 Å². The van der Waals surface area contributed by atoms with E-state index in [1.54, 1.807) is 23.2 Å². The number of ether oxygens (including phenoxy) is 2. The Morgan fingerprint density at radius 3 is 2.59 bits per heavy atom. The van der Waals surface area contributed by atoms with Crippen LogP contribution in [0.3, 0.4) is 0 Å². The van der Waals surface area contributed by atoms with Crippen molar-refractivity contribution >= 4 is 23.4 Å². The number of hydrogen-bond acceptors (Lipinski definition) is 5. The smallest absolute Gasteiger partial charge is 0.410 e. The second-order valence-electron chi connectivity index (χ2n) is 6.31. The number of nitrogens with zero attached hydrogens (tertiary/aromatic N) is 1. The van der Waals surface area contributed by atoms with Crippen LogP contribution in [0, 0.1) is 6.92 Å². The number of rotatable bonds is 2. The summed E-state index contributed by atoms with van der Waals surface area (Å²) in [5, 5.41) is 0. The van der Waals surface area contributed by atoms with Gasteiger partial charge in [0, 0.05) is 16.3 Å². The van der Waals surface area contributed by atoms with Crippen molar-refractivity contribution in [3.8, 4) is 0 Å². The summed E-state index contributed by atoms with van der Waals surface area (Å²) >= 11 is 1.56. The number of fused-ring (bicyclic) bond motifs is 1. The number of amides is 1. The first-order chi connectivity index (χ1) is 10.2. The molecule has 0 fully saturated rings. The van der Waals surface area contributed by atoms with Crippen molar-refractivity contribution in [2.24, 2.45) is 0 Å². The average Bonchev–Trinajstić information content (AvgIpc) is 2.71. The Hall–Kier alpha value is -1.56. The van der Waals surface area contributed by atoms with Gasteiger partial charge in [-0.3, -0.25) is 0 Å². The zero-order chi connectivity index (χ0) is 16.5. The van der Waals surface area contributed by atoms with Gasteiger partial charge in [-0.25, -0.2) is 9.59 Å². The lowest BCUT2D eigenvalue weighted by Gasteiger charge is -2.30. The summed E-state index contributed by atoms with van der Waals surface area (Å²) in [5.74, 6) is -0.261. The minimum absolute atomic E-state index is 0.261. The lowest BCUT2D eigenvalue weighted by molar-refractivity contribution is 0.0226. The first kappa shape index (κ1) is 16.8. The maximum Gasteiger partial charge on any atom is 0.410 e. The van der Waals surface area contributed by atoms with Gasteiger partial charge in [0.25, 0.3) is 0 Å². The number of carbonyl (C=O) groups is 2. The lowest BCUT2D eigenvalue weighted by atomic mass is 10.0. The van der Waals surface area contributed by atoms with E-state index < -0.39 is 5.60 Å². The molecule has 0 unspecified atom stereocenters. The van der Waals surface area contributed by atoms with Crippen LogP contribution in [-0.2, 0) is 22.4 Å². The van der Waals surface area contributed by atoms with E-state index in [2.05, 4.69) is 0 Å². The molecule has 1 aliphatic rings. The van der Waals surface area contributed by atoms with E-state index in [1.807, 2.05) is 27.7 Å². The van der Waals surface area contributed by atoms with Crippen LogP contribution in [0.1, 0.15) is 53.4 Å². The third kappa shape index (κ3) is 3.61. The molecule has 0 N–H and O–H groups in total. The quantitative estimate of drug-likeness (QED) is 0.781. The molecule has 1 aliphatic heterocycles. The van der Waals surface area contributed by atoms with Crippen molar-refractivity contribution < 1.29 is 19.1 Å².